The predicted octanol–water partition coefficient (Wildman–Crippen LogP) is 2.69. The first-order valence-electron chi connectivity index (χ1n) is 3.36. The molecule has 11 heavy (non-hydrogen) atoms. The maximum Gasteiger partial charge on any atom is 0.503 e. The molecule has 0 heterocycles. The van der Waals surface area contributed by atoms with Gasteiger partial charge in [-0.25, -0.2) is 4.79 Å². The Morgan fingerprint density at radius 3 is 2.09 bits per heavy atom. The van der Waals surface area contributed by atoms with Crippen LogP contribution in [0.3, 0.4) is 0 Å². The third-order valence-electron chi connectivity index (χ3n) is 0.853. The van der Waals surface area contributed by atoms with E-state index in [1.165, 1.54) is 12.8 Å². The Bertz CT molecular complexity index is 101. The zero-order valence-electron chi connectivity index (χ0n) is 6.49. The fraction of sp³-hybridized carbons (Fsp3) is 0.833. The minimum Gasteiger partial charge on any atom is -0.450 e. The molecule has 0 spiro atoms. The van der Waals surface area contributed by atoms with Crippen molar-refractivity contribution in [3.8, 4) is 0 Å². The van der Waals surface area contributed by atoms with Crippen LogP contribution < -0.4 is 0 Å². The van der Waals surface area contributed by atoms with Crippen molar-refractivity contribution in [1.82, 2.24) is 0 Å². The molecule has 0 radical (unpaired) electrons. The van der Waals surface area contributed by atoms with Crippen LogP contribution in [0.2, 0.25) is 0 Å². The van der Waals surface area contributed by atoms with E-state index in [1.807, 2.05) is 0 Å². The van der Waals surface area contributed by atoms with Gasteiger partial charge in [0, 0.05) is 6.16 Å². The summed E-state index contributed by atoms with van der Waals surface area (Å²) in [5.74, 6) is 0. The van der Waals surface area contributed by atoms with Crippen LogP contribution >= 0.6 is 8.46 Å². The highest BCUT2D eigenvalue weighted by atomic mass is 31.1. The second-order valence-corrected chi connectivity index (χ2v) is 2.55. The lowest BCUT2D eigenvalue weighted by Crippen LogP contribution is -1.81. The average molecular weight is 180 g/mol. The maximum atomic E-state index is 9.78. The van der Waals surface area contributed by atoms with Crippen molar-refractivity contribution in [3.63, 3.8) is 0 Å². The van der Waals surface area contributed by atoms with Gasteiger partial charge in [-0.3, -0.25) is 4.57 Å². The molecule has 2 N–H and O–H groups in total. The fourth-order valence-corrected chi connectivity index (χ4v) is 0.779. The molecule has 0 aromatic carbocycles. The van der Waals surface area contributed by atoms with Crippen molar-refractivity contribution < 1.29 is 19.6 Å². The summed E-state index contributed by atoms with van der Waals surface area (Å²) in [6.45, 7) is 2.14. The predicted molar refractivity (Wildman–Crippen MR) is 42.7 cm³/mol. The van der Waals surface area contributed by atoms with E-state index in [2.05, 4.69) is 6.92 Å². The molecule has 0 atom stereocenters. The van der Waals surface area contributed by atoms with Gasteiger partial charge in [-0.2, -0.15) is 0 Å². The summed E-state index contributed by atoms with van der Waals surface area (Å²) in [6, 6.07) is 0. The number of unbranched alkanes of at least 4 members (excludes halogenated alkanes) is 2. The van der Waals surface area contributed by atoms with E-state index in [0.717, 1.165) is 12.6 Å². The first-order chi connectivity index (χ1) is 5.15. The van der Waals surface area contributed by atoms with Crippen LogP contribution in [0, 0.1) is 0 Å². The third-order valence-corrected chi connectivity index (χ3v) is 1.35. The first kappa shape index (κ1) is 13.0. The number of rotatable bonds is 4. The molecular formula is C6H13O4P. The third kappa shape index (κ3) is 44.8. The smallest absolute Gasteiger partial charge is 0.450 e. The summed E-state index contributed by atoms with van der Waals surface area (Å²) in [6.07, 6.45) is 2.56. The van der Waals surface area contributed by atoms with Crippen LogP contribution in [0.15, 0.2) is 0 Å². The van der Waals surface area contributed by atoms with Crippen molar-refractivity contribution >= 4 is 14.6 Å². The van der Waals surface area contributed by atoms with Gasteiger partial charge in [-0.05, 0) is 6.42 Å². The zero-order valence-corrected chi connectivity index (χ0v) is 7.38. The monoisotopic (exact) mass is 180 g/mol. The molecule has 66 valence electrons. The summed E-state index contributed by atoms with van der Waals surface area (Å²) in [5, 5.41) is 13.9. The van der Waals surface area contributed by atoms with Crippen LogP contribution in [0.1, 0.15) is 26.2 Å². The summed E-state index contributed by atoms with van der Waals surface area (Å²) >= 11 is 0. The summed E-state index contributed by atoms with van der Waals surface area (Å²) in [5.41, 5.74) is 0. The first-order valence-corrected chi connectivity index (χ1v) is 4.35. The molecule has 0 saturated carbocycles. The molecule has 0 unspecified atom stereocenters. The molecule has 0 amide bonds. The van der Waals surface area contributed by atoms with E-state index in [0.29, 0.717) is 8.46 Å². The van der Waals surface area contributed by atoms with E-state index in [4.69, 9.17) is 15.0 Å². The molecule has 0 aliphatic rings. The Morgan fingerprint density at radius 1 is 1.36 bits per heavy atom. The summed E-state index contributed by atoms with van der Waals surface area (Å²) in [7, 11) is 0.305. The number of carbonyl (C=O) groups is 1. The van der Waals surface area contributed by atoms with Crippen molar-refractivity contribution in [1.29, 1.82) is 0 Å². The maximum absolute atomic E-state index is 9.78. The number of carboxylic acid groups (broad SMARTS) is 2. The van der Waals surface area contributed by atoms with Crippen molar-refractivity contribution in [2.24, 2.45) is 0 Å². The lowest BCUT2D eigenvalue weighted by molar-refractivity contribution is 0.137. The van der Waals surface area contributed by atoms with E-state index >= 15 is 0 Å². The highest BCUT2D eigenvalue weighted by molar-refractivity contribution is 7.23. The Morgan fingerprint density at radius 2 is 1.82 bits per heavy atom. The van der Waals surface area contributed by atoms with Gasteiger partial charge >= 0.3 is 6.16 Å². The Labute approximate surface area is 67.4 Å². The minimum atomic E-state index is -1.83. The largest absolute Gasteiger partial charge is 0.503 e. The molecule has 0 aliphatic heterocycles. The Balaban J connectivity index is 0. The van der Waals surface area contributed by atoms with E-state index in [9.17, 15) is 4.57 Å². The van der Waals surface area contributed by atoms with Crippen LogP contribution in [-0.4, -0.2) is 22.5 Å². The molecule has 0 saturated heterocycles. The fourth-order valence-electron chi connectivity index (χ4n) is 0.426. The molecule has 0 aliphatic carbocycles. The zero-order chi connectivity index (χ0) is 9.11. The lowest BCUT2D eigenvalue weighted by Gasteiger charge is -1.84. The standard InChI is InChI=1S/C5H11OP.CH2O3/c1-2-3-4-5-7-6;2-1(3)4/h2-5H2,1H3;(H2,2,3,4). The number of hydrogen-bond acceptors (Lipinski definition) is 2. The second-order valence-electron chi connectivity index (χ2n) is 1.84. The van der Waals surface area contributed by atoms with Crippen molar-refractivity contribution in [2.75, 3.05) is 6.16 Å². The van der Waals surface area contributed by atoms with Crippen molar-refractivity contribution in [3.05, 3.63) is 0 Å². The molecular weight excluding hydrogens is 167 g/mol. The Hall–Kier alpha value is -0.630. The van der Waals surface area contributed by atoms with Gasteiger partial charge in [0.15, 0.2) is 8.46 Å². The topological polar surface area (TPSA) is 74.6 Å². The average Bonchev–Trinajstić information content (AvgIpc) is 1.88. The Kier molecular flexibility index (Phi) is 14.3. The SMILES string of the molecule is CCCCCP=O.O=C(O)O. The summed E-state index contributed by atoms with van der Waals surface area (Å²) < 4.78 is 9.78. The van der Waals surface area contributed by atoms with E-state index < -0.39 is 6.16 Å². The highest BCUT2D eigenvalue weighted by Gasteiger charge is 1.81. The van der Waals surface area contributed by atoms with Gasteiger partial charge in [-0.15, -0.1) is 0 Å². The molecule has 4 nitrogen and oxygen atoms in total. The van der Waals surface area contributed by atoms with Gasteiger partial charge in [0.05, 0.1) is 0 Å². The van der Waals surface area contributed by atoms with E-state index in [-0.39, 0.29) is 0 Å². The summed E-state index contributed by atoms with van der Waals surface area (Å²) in [4.78, 5) is 8.56. The lowest BCUT2D eigenvalue weighted by atomic mass is 10.3. The van der Waals surface area contributed by atoms with Gasteiger partial charge in [-0.1, -0.05) is 19.8 Å². The number of hydrogen-bond donors (Lipinski definition) is 2. The van der Waals surface area contributed by atoms with Gasteiger partial charge in [0.1, 0.15) is 0 Å². The van der Waals surface area contributed by atoms with Crippen LogP contribution in [-0.2, 0) is 4.57 Å². The molecule has 0 rings (SSSR count). The van der Waals surface area contributed by atoms with Gasteiger partial charge < -0.3 is 10.2 Å². The van der Waals surface area contributed by atoms with Crippen LogP contribution in [0.4, 0.5) is 4.79 Å². The normalized spacial score (nSPS) is 8.45. The molecule has 0 aromatic heterocycles. The second kappa shape index (κ2) is 12.1. The van der Waals surface area contributed by atoms with E-state index in [1.54, 1.807) is 0 Å². The molecule has 0 fully saturated rings. The molecule has 5 heteroatoms. The minimum absolute atomic E-state index is 0.305. The van der Waals surface area contributed by atoms with Crippen LogP contribution in [0.25, 0.3) is 0 Å². The van der Waals surface area contributed by atoms with Crippen molar-refractivity contribution in [2.45, 2.75) is 26.2 Å². The molecule has 0 bridgehead atoms. The van der Waals surface area contributed by atoms with Gasteiger partial charge in [0.25, 0.3) is 0 Å². The quantitative estimate of drug-likeness (QED) is 0.515. The van der Waals surface area contributed by atoms with Crippen LogP contribution in [0.5, 0.6) is 0 Å². The van der Waals surface area contributed by atoms with Gasteiger partial charge in [0.2, 0.25) is 0 Å². The molecule has 0 aromatic rings. The highest BCUT2D eigenvalue weighted by Crippen LogP contribution is 2.00.